The highest BCUT2D eigenvalue weighted by Gasteiger charge is 2.02. The Hall–Kier alpha value is -2.61. The second-order valence-electron chi connectivity index (χ2n) is 3.43. The van der Waals surface area contributed by atoms with E-state index in [4.69, 9.17) is 6.42 Å². The van der Waals surface area contributed by atoms with E-state index in [9.17, 15) is 14.9 Å². The summed E-state index contributed by atoms with van der Waals surface area (Å²) in [6.45, 7) is 0.430. The summed E-state index contributed by atoms with van der Waals surface area (Å²) in [5, 5.41) is 13.0. The number of nitrogens with zero attached hydrogens (tertiary/aromatic N) is 1. The maximum atomic E-state index is 11.3. The van der Waals surface area contributed by atoms with Crippen LogP contribution in [0.4, 0.5) is 5.69 Å². The van der Waals surface area contributed by atoms with E-state index in [2.05, 4.69) is 11.2 Å². The number of benzene rings is 1. The van der Waals surface area contributed by atoms with Crippen molar-refractivity contribution in [1.29, 1.82) is 0 Å². The van der Waals surface area contributed by atoms with E-state index in [0.717, 1.165) is 0 Å². The van der Waals surface area contributed by atoms with E-state index in [-0.39, 0.29) is 11.6 Å². The number of nitrogens with one attached hydrogen (secondary N) is 1. The average Bonchev–Trinajstić information content (AvgIpc) is 2.37. The first-order chi connectivity index (χ1) is 8.63. The molecule has 1 rings (SSSR count). The molecule has 92 valence electrons. The molecule has 0 aliphatic heterocycles. The number of non-ortho nitro benzene ring substituents is 1. The molecule has 1 amide bonds. The molecule has 5 heteroatoms. The highest BCUT2D eigenvalue weighted by Crippen LogP contribution is 2.12. The predicted molar refractivity (Wildman–Crippen MR) is 68.6 cm³/mol. The summed E-state index contributed by atoms with van der Waals surface area (Å²) in [5.41, 5.74) is 0.735. The van der Waals surface area contributed by atoms with Crippen LogP contribution < -0.4 is 5.32 Å². The van der Waals surface area contributed by atoms with Crippen LogP contribution in [0.2, 0.25) is 0 Å². The average molecular weight is 244 g/mol. The lowest BCUT2D eigenvalue weighted by Gasteiger charge is -1.97. The molecule has 0 aliphatic carbocycles. The van der Waals surface area contributed by atoms with Crippen LogP contribution in [0.5, 0.6) is 0 Å². The fourth-order valence-electron chi connectivity index (χ4n) is 1.20. The molecule has 0 spiro atoms. The van der Waals surface area contributed by atoms with Gasteiger partial charge in [0.1, 0.15) is 0 Å². The Morgan fingerprint density at radius 2 is 2.11 bits per heavy atom. The molecule has 0 fully saturated rings. The molecule has 1 aromatic rings. The number of carbonyl (C=O) groups excluding carboxylic acids is 1. The van der Waals surface area contributed by atoms with E-state index < -0.39 is 4.92 Å². The van der Waals surface area contributed by atoms with Gasteiger partial charge in [0.25, 0.3) is 5.69 Å². The maximum absolute atomic E-state index is 11.3. The zero-order valence-corrected chi connectivity index (χ0v) is 9.63. The molecule has 0 saturated heterocycles. The summed E-state index contributed by atoms with van der Waals surface area (Å²) in [6.07, 6.45) is 8.46. The molecule has 0 heterocycles. The molecule has 1 N–H and O–H groups in total. The van der Waals surface area contributed by atoms with E-state index in [0.29, 0.717) is 18.5 Å². The summed E-state index contributed by atoms with van der Waals surface area (Å²) >= 11 is 0. The minimum Gasteiger partial charge on any atom is -0.352 e. The molecule has 0 bridgehead atoms. The quantitative estimate of drug-likeness (QED) is 0.282. The van der Waals surface area contributed by atoms with Crippen molar-refractivity contribution in [1.82, 2.24) is 5.32 Å². The second-order valence-corrected chi connectivity index (χ2v) is 3.43. The van der Waals surface area contributed by atoms with Crippen LogP contribution in [0.25, 0.3) is 6.08 Å². The van der Waals surface area contributed by atoms with E-state index in [1.165, 1.54) is 18.2 Å². The van der Waals surface area contributed by atoms with Gasteiger partial charge in [-0.1, -0.05) is 0 Å². The summed E-state index contributed by atoms with van der Waals surface area (Å²) in [4.78, 5) is 21.3. The van der Waals surface area contributed by atoms with Crippen molar-refractivity contribution in [2.24, 2.45) is 0 Å². The van der Waals surface area contributed by atoms with Crippen molar-refractivity contribution < 1.29 is 9.72 Å². The summed E-state index contributed by atoms with van der Waals surface area (Å²) < 4.78 is 0. The van der Waals surface area contributed by atoms with Gasteiger partial charge >= 0.3 is 0 Å². The van der Waals surface area contributed by atoms with Crippen LogP contribution in [0.3, 0.4) is 0 Å². The second kappa shape index (κ2) is 6.86. The standard InChI is InChI=1S/C13H12N2O3/c1-2-3-10-14-13(16)9-6-11-4-7-12(8-5-11)15(17)18/h1,4-9H,3,10H2,(H,14,16)/b9-6+. The number of hydrogen-bond acceptors (Lipinski definition) is 3. The maximum Gasteiger partial charge on any atom is 0.269 e. The van der Waals surface area contributed by atoms with Crippen molar-refractivity contribution >= 4 is 17.7 Å². The molecule has 5 nitrogen and oxygen atoms in total. The molecule has 0 radical (unpaired) electrons. The number of hydrogen-bond donors (Lipinski definition) is 1. The van der Waals surface area contributed by atoms with Crippen molar-refractivity contribution in [3.05, 3.63) is 46.0 Å². The zero-order chi connectivity index (χ0) is 13.4. The molecular formula is C13H12N2O3. The van der Waals surface area contributed by atoms with Gasteiger partial charge in [-0.15, -0.1) is 12.3 Å². The third kappa shape index (κ3) is 4.49. The van der Waals surface area contributed by atoms with Crippen LogP contribution in [-0.2, 0) is 4.79 Å². The number of terminal acetylenes is 1. The first-order valence-electron chi connectivity index (χ1n) is 5.27. The molecule has 0 saturated carbocycles. The first-order valence-corrected chi connectivity index (χ1v) is 5.27. The summed E-state index contributed by atoms with van der Waals surface area (Å²) in [7, 11) is 0. The number of rotatable bonds is 5. The lowest BCUT2D eigenvalue weighted by atomic mass is 10.2. The Morgan fingerprint density at radius 1 is 1.44 bits per heavy atom. The van der Waals surface area contributed by atoms with Crippen LogP contribution in [0.1, 0.15) is 12.0 Å². The highest BCUT2D eigenvalue weighted by molar-refractivity contribution is 5.91. The van der Waals surface area contributed by atoms with E-state index >= 15 is 0 Å². The Labute approximate surface area is 105 Å². The van der Waals surface area contributed by atoms with Gasteiger partial charge in [0.05, 0.1) is 4.92 Å². The zero-order valence-electron chi connectivity index (χ0n) is 9.63. The minimum absolute atomic E-state index is 0.0191. The van der Waals surface area contributed by atoms with Gasteiger partial charge in [-0.25, -0.2) is 0 Å². The Kier molecular flexibility index (Phi) is 5.13. The Balaban J connectivity index is 2.54. The molecule has 1 aromatic carbocycles. The molecule has 0 aliphatic rings. The van der Waals surface area contributed by atoms with Crippen LogP contribution in [-0.4, -0.2) is 17.4 Å². The van der Waals surface area contributed by atoms with Crippen molar-refractivity contribution in [3.63, 3.8) is 0 Å². The molecular weight excluding hydrogens is 232 g/mol. The fourth-order valence-corrected chi connectivity index (χ4v) is 1.20. The van der Waals surface area contributed by atoms with E-state index in [1.54, 1.807) is 18.2 Å². The monoisotopic (exact) mass is 244 g/mol. The predicted octanol–water partition coefficient (Wildman–Crippen LogP) is 1.75. The van der Waals surface area contributed by atoms with Crippen molar-refractivity contribution in [2.45, 2.75) is 6.42 Å². The van der Waals surface area contributed by atoms with E-state index in [1.807, 2.05) is 0 Å². The van der Waals surface area contributed by atoms with Gasteiger partial charge in [0.2, 0.25) is 5.91 Å². The van der Waals surface area contributed by atoms with Crippen LogP contribution in [0.15, 0.2) is 30.3 Å². The van der Waals surface area contributed by atoms with Gasteiger partial charge in [-0.3, -0.25) is 14.9 Å². The first kappa shape index (κ1) is 13.5. The minimum atomic E-state index is -0.472. The van der Waals surface area contributed by atoms with Gasteiger partial charge in [-0.05, 0) is 23.8 Å². The van der Waals surface area contributed by atoms with Crippen LogP contribution in [0, 0.1) is 22.5 Å². The van der Waals surface area contributed by atoms with Gasteiger partial charge in [0.15, 0.2) is 0 Å². The summed E-state index contributed by atoms with van der Waals surface area (Å²) in [6, 6.07) is 5.92. The molecule has 0 aromatic heterocycles. The van der Waals surface area contributed by atoms with Crippen LogP contribution >= 0.6 is 0 Å². The Bertz CT molecular complexity index is 498. The SMILES string of the molecule is C#CCCNC(=O)/C=C/c1ccc([N+](=O)[O-])cc1. The van der Waals surface area contributed by atoms with Crippen molar-refractivity contribution in [3.8, 4) is 12.3 Å². The van der Waals surface area contributed by atoms with Gasteiger partial charge < -0.3 is 5.32 Å². The number of nitro groups is 1. The number of amides is 1. The fraction of sp³-hybridized carbons (Fsp3) is 0.154. The normalized spacial score (nSPS) is 9.94. The smallest absolute Gasteiger partial charge is 0.269 e. The lowest BCUT2D eigenvalue weighted by molar-refractivity contribution is -0.384. The summed E-state index contributed by atoms with van der Waals surface area (Å²) in [5.74, 6) is 2.16. The Morgan fingerprint density at radius 3 is 2.67 bits per heavy atom. The third-order valence-electron chi connectivity index (χ3n) is 2.10. The number of carbonyl (C=O) groups is 1. The molecule has 0 unspecified atom stereocenters. The largest absolute Gasteiger partial charge is 0.352 e. The third-order valence-corrected chi connectivity index (χ3v) is 2.10. The topological polar surface area (TPSA) is 72.2 Å². The lowest BCUT2D eigenvalue weighted by Crippen LogP contribution is -2.21. The molecule has 0 atom stereocenters. The highest BCUT2D eigenvalue weighted by atomic mass is 16.6. The number of nitro benzene ring substituents is 1. The van der Waals surface area contributed by atoms with Gasteiger partial charge in [-0.2, -0.15) is 0 Å². The van der Waals surface area contributed by atoms with Gasteiger partial charge in [0, 0.05) is 31.2 Å². The molecule has 18 heavy (non-hydrogen) atoms. The van der Waals surface area contributed by atoms with Crippen molar-refractivity contribution in [2.75, 3.05) is 6.54 Å².